The lowest BCUT2D eigenvalue weighted by atomic mass is 10.0. The third-order valence-electron chi connectivity index (χ3n) is 1.96. The van der Waals surface area contributed by atoms with Gasteiger partial charge in [-0.15, -0.1) is 0 Å². The van der Waals surface area contributed by atoms with E-state index in [1.165, 1.54) is 0 Å². The van der Waals surface area contributed by atoms with Gasteiger partial charge >= 0.3 is 0 Å². The second kappa shape index (κ2) is 4.74. The van der Waals surface area contributed by atoms with Crippen molar-refractivity contribution in [1.29, 1.82) is 0 Å². The minimum absolute atomic E-state index is 0.222. The van der Waals surface area contributed by atoms with Gasteiger partial charge in [0, 0.05) is 36.5 Å². The summed E-state index contributed by atoms with van der Waals surface area (Å²) in [5.41, 5.74) is 7.19. The van der Waals surface area contributed by atoms with Gasteiger partial charge in [-0.3, -0.25) is 9.78 Å². The molecule has 14 heavy (non-hydrogen) atoms. The van der Waals surface area contributed by atoms with E-state index in [0.29, 0.717) is 24.4 Å². The molecule has 1 aromatic rings. The zero-order valence-corrected chi connectivity index (χ0v) is 8.66. The quantitative estimate of drug-likeness (QED) is 0.791. The van der Waals surface area contributed by atoms with Crippen LogP contribution in [0.4, 0.5) is 5.69 Å². The number of anilines is 1. The number of carbonyl (C=O) groups excluding carboxylic acids is 1. The van der Waals surface area contributed by atoms with E-state index in [1.807, 2.05) is 13.8 Å². The fraction of sp³-hybridized carbons (Fsp3) is 0.455. The Labute approximate surface area is 84.3 Å². The fourth-order valence-corrected chi connectivity index (χ4v) is 1.33. The van der Waals surface area contributed by atoms with Crippen molar-refractivity contribution in [3.63, 3.8) is 0 Å². The SMILES string of the molecule is CC(C)CC(=O)Cc1cnccc1N. The molecule has 1 aromatic heterocycles. The molecule has 0 amide bonds. The van der Waals surface area contributed by atoms with Crippen molar-refractivity contribution in [2.75, 3.05) is 5.73 Å². The Morgan fingerprint density at radius 3 is 2.86 bits per heavy atom. The number of nitrogens with two attached hydrogens (primary N) is 1. The molecule has 0 saturated carbocycles. The minimum atomic E-state index is 0.222. The summed E-state index contributed by atoms with van der Waals surface area (Å²) in [4.78, 5) is 15.4. The van der Waals surface area contributed by atoms with Crippen LogP contribution in [-0.4, -0.2) is 10.8 Å². The molecule has 2 N–H and O–H groups in total. The molecule has 0 radical (unpaired) electrons. The van der Waals surface area contributed by atoms with Crippen LogP contribution in [-0.2, 0) is 11.2 Å². The van der Waals surface area contributed by atoms with Crippen molar-refractivity contribution in [2.45, 2.75) is 26.7 Å². The molecule has 1 heterocycles. The molecule has 0 atom stereocenters. The average molecular weight is 192 g/mol. The van der Waals surface area contributed by atoms with Gasteiger partial charge in [0.1, 0.15) is 5.78 Å². The first kappa shape index (κ1) is 10.7. The van der Waals surface area contributed by atoms with Crippen molar-refractivity contribution >= 4 is 11.5 Å². The highest BCUT2D eigenvalue weighted by Crippen LogP contribution is 2.12. The van der Waals surface area contributed by atoms with Gasteiger partial charge in [0.15, 0.2) is 0 Å². The number of carbonyl (C=O) groups is 1. The second-order valence-corrected chi connectivity index (χ2v) is 3.89. The Kier molecular flexibility index (Phi) is 3.63. The molecule has 3 nitrogen and oxygen atoms in total. The Hall–Kier alpha value is -1.38. The van der Waals surface area contributed by atoms with Crippen LogP contribution in [0.2, 0.25) is 0 Å². The number of hydrogen-bond donors (Lipinski definition) is 1. The molecular weight excluding hydrogens is 176 g/mol. The predicted molar refractivity (Wildman–Crippen MR) is 56.8 cm³/mol. The summed E-state index contributed by atoms with van der Waals surface area (Å²) in [5, 5.41) is 0. The molecule has 0 bridgehead atoms. The number of pyridine rings is 1. The first-order valence-electron chi connectivity index (χ1n) is 4.79. The van der Waals surface area contributed by atoms with Crippen LogP contribution in [0.1, 0.15) is 25.8 Å². The third kappa shape index (κ3) is 3.17. The first-order chi connectivity index (χ1) is 6.59. The first-order valence-corrected chi connectivity index (χ1v) is 4.79. The van der Waals surface area contributed by atoms with Crippen molar-refractivity contribution < 1.29 is 4.79 Å². The number of hydrogen-bond acceptors (Lipinski definition) is 3. The topological polar surface area (TPSA) is 56.0 Å². The highest BCUT2D eigenvalue weighted by atomic mass is 16.1. The van der Waals surface area contributed by atoms with E-state index in [9.17, 15) is 4.79 Å². The molecule has 0 fully saturated rings. The summed E-state index contributed by atoms with van der Waals surface area (Å²) in [7, 11) is 0. The van der Waals surface area contributed by atoms with E-state index in [4.69, 9.17) is 5.73 Å². The number of aromatic nitrogens is 1. The normalized spacial score (nSPS) is 10.5. The van der Waals surface area contributed by atoms with Crippen LogP contribution in [0.5, 0.6) is 0 Å². The average Bonchev–Trinajstić information content (AvgIpc) is 2.07. The Morgan fingerprint density at radius 2 is 2.29 bits per heavy atom. The predicted octanol–water partition coefficient (Wildman–Crippen LogP) is 1.82. The summed E-state index contributed by atoms with van der Waals surface area (Å²) in [5.74, 6) is 0.625. The number of nitrogen functional groups attached to an aromatic ring is 1. The van der Waals surface area contributed by atoms with Crippen molar-refractivity contribution in [2.24, 2.45) is 5.92 Å². The van der Waals surface area contributed by atoms with Crippen LogP contribution >= 0.6 is 0 Å². The van der Waals surface area contributed by atoms with Gasteiger partial charge in [-0.1, -0.05) is 13.8 Å². The lowest BCUT2D eigenvalue weighted by Crippen LogP contribution is -2.08. The monoisotopic (exact) mass is 192 g/mol. The number of Topliss-reactive ketones (excluding diaryl/α,β-unsaturated/α-hetero) is 1. The lowest BCUT2D eigenvalue weighted by Gasteiger charge is -2.05. The van der Waals surface area contributed by atoms with E-state index >= 15 is 0 Å². The van der Waals surface area contributed by atoms with E-state index in [0.717, 1.165) is 5.56 Å². The maximum Gasteiger partial charge on any atom is 0.137 e. The molecule has 76 valence electrons. The van der Waals surface area contributed by atoms with Crippen LogP contribution in [0.15, 0.2) is 18.5 Å². The zero-order valence-electron chi connectivity index (χ0n) is 8.66. The number of nitrogens with zero attached hydrogens (tertiary/aromatic N) is 1. The molecule has 0 aliphatic heterocycles. The lowest BCUT2D eigenvalue weighted by molar-refractivity contribution is -0.119. The second-order valence-electron chi connectivity index (χ2n) is 3.89. The molecule has 0 aliphatic carbocycles. The smallest absolute Gasteiger partial charge is 0.137 e. The summed E-state index contributed by atoms with van der Waals surface area (Å²) in [6.07, 6.45) is 4.30. The van der Waals surface area contributed by atoms with Crippen LogP contribution in [0.3, 0.4) is 0 Å². The van der Waals surface area contributed by atoms with Gasteiger partial charge in [0.05, 0.1) is 0 Å². The van der Waals surface area contributed by atoms with E-state index < -0.39 is 0 Å². The molecular formula is C11H16N2O. The van der Waals surface area contributed by atoms with Gasteiger partial charge in [-0.05, 0) is 12.0 Å². The maximum absolute atomic E-state index is 11.5. The summed E-state index contributed by atoms with van der Waals surface area (Å²) in [6, 6.07) is 1.72. The van der Waals surface area contributed by atoms with Crippen LogP contribution in [0, 0.1) is 5.92 Å². The van der Waals surface area contributed by atoms with Gasteiger partial charge < -0.3 is 5.73 Å². The summed E-state index contributed by atoms with van der Waals surface area (Å²) in [6.45, 7) is 4.06. The van der Waals surface area contributed by atoms with Crippen LogP contribution in [0.25, 0.3) is 0 Å². The molecule has 3 heteroatoms. The molecule has 0 spiro atoms. The highest BCUT2D eigenvalue weighted by molar-refractivity contribution is 5.82. The Bertz CT molecular complexity index is 321. The molecule has 0 aliphatic rings. The molecule has 0 unspecified atom stereocenters. The molecule has 0 saturated heterocycles. The highest BCUT2D eigenvalue weighted by Gasteiger charge is 2.08. The maximum atomic E-state index is 11.5. The number of ketones is 1. The zero-order chi connectivity index (χ0) is 10.6. The van der Waals surface area contributed by atoms with E-state index in [-0.39, 0.29) is 5.78 Å². The summed E-state index contributed by atoms with van der Waals surface area (Å²) >= 11 is 0. The van der Waals surface area contributed by atoms with Gasteiger partial charge in [0.2, 0.25) is 0 Å². The molecule has 1 rings (SSSR count). The summed E-state index contributed by atoms with van der Waals surface area (Å²) < 4.78 is 0. The van der Waals surface area contributed by atoms with Crippen molar-refractivity contribution in [3.05, 3.63) is 24.0 Å². The number of rotatable bonds is 4. The van der Waals surface area contributed by atoms with Crippen LogP contribution < -0.4 is 5.73 Å². The Morgan fingerprint density at radius 1 is 1.57 bits per heavy atom. The Balaban J connectivity index is 2.61. The molecule has 0 aromatic carbocycles. The fourth-order valence-electron chi connectivity index (χ4n) is 1.33. The largest absolute Gasteiger partial charge is 0.398 e. The standard InChI is InChI=1S/C11H16N2O/c1-8(2)5-10(14)6-9-7-13-4-3-11(9)12/h3-4,7-8H,5-6H2,1-2H3,(H2,12,13). The van der Waals surface area contributed by atoms with E-state index in [2.05, 4.69) is 4.98 Å². The van der Waals surface area contributed by atoms with Gasteiger partial charge in [-0.25, -0.2) is 0 Å². The van der Waals surface area contributed by atoms with Crippen molar-refractivity contribution in [3.8, 4) is 0 Å². The van der Waals surface area contributed by atoms with Gasteiger partial charge in [0.25, 0.3) is 0 Å². The third-order valence-corrected chi connectivity index (χ3v) is 1.96. The van der Waals surface area contributed by atoms with Crippen molar-refractivity contribution in [1.82, 2.24) is 4.98 Å². The van der Waals surface area contributed by atoms with E-state index in [1.54, 1.807) is 18.5 Å². The van der Waals surface area contributed by atoms with Gasteiger partial charge in [-0.2, -0.15) is 0 Å². The minimum Gasteiger partial charge on any atom is -0.398 e.